The molecule has 4 heteroatoms. The van der Waals surface area contributed by atoms with Crippen LogP contribution in [0.4, 0.5) is 5.69 Å². The molecule has 0 bridgehead atoms. The number of aliphatic hydroxyl groups excluding tert-OH is 1. The molecule has 2 aromatic rings. The zero-order valence-corrected chi connectivity index (χ0v) is 13.0. The largest absolute Gasteiger partial charge is 0.396 e. The van der Waals surface area contributed by atoms with E-state index in [1.807, 2.05) is 48.5 Å². The van der Waals surface area contributed by atoms with Crippen LogP contribution in [0.1, 0.15) is 11.1 Å². The zero-order chi connectivity index (χ0) is 15.1. The maximum Gasteiger partial charge on any atom is 0.248 e. The van der Waals surface area contributed by atoms with E-state index in [0.717, 1.165) is 21.3 Å². The number of nitrogens with one attached hydrogen (secondary N) is 1. The third-order valence-electron chi connectivity index (χ3n) is 2.90. The van der Waals surface area contributed by atoms with Crippen LogP contribution in [0, 0.1) is 0 Å². The average Bonchev–Trinajstić information content (AvgIpc) is 2.48. The maximum atomic E-state index is 11.8. The first-order valence-corrected chi connectivity index (χ1v) is 7.41. The van der Waals surface area contributed by atoms with Gasteiger partial charge >= 0.3 is 0 Å². The van der Waals surface area contributed by atoms with Gasteiger partial charge in [-0.1, -0.05) is 40.2 Å². The molecule has 0 fully saturated rings. The molecule has 0 spiro atoms. The SMILES string of the molecule is O=C(/C=C/c1cccc(Br)c1)Nc1ccc(CCO)cc1. The van der Waals surface area contributed by atoms with Crippen LogP contribution in [-0.2, 0) is 11.2 Å². The van der Waals surface area contributed by atoms with E-state index in [1.54, 1.807) is 6.08 Å². The predicted molar refractivity (Wildman–Crippen MR) is 89.0 cm³/mol. The van der Waals surface area contributed by atoms with E-state index in [9.17, 15) is 4.79 Å². The molecular formula is C17H16BrNO2. The van der Waals surface area contributed by atoms with Crippen LogP contribution < -0.4 is 5.32 Å². The van der Waals surface area contributed by atoms with E-state index in [-0.39, 0.29) is 12.5 Å². The fraction of sp³-hybridized carbons (Fsp3) is 0.118. The van der Waals surface area contributed by atoms with Gasteiger partial charge in [-0.25, -0.2) is 0 Å². The summed E-state index contributed by atoms with van der Waals surface area (Å²) in [5.41, 5.74) is 2.73. The number of carbonyl (C=O) groups is 1. The summed E-state index contributed by atoms with van der Waals surface area (Å²) in [6.45, 7) is 0.126. The zero-order valence-electron chi connectivity index (χ0n) is 11.4. The number of amides is 1. The van der Waals surface area contributed by atoms with Gasteiger partial charge in [0.1, 0.15) is 0 Å². The molecule has 21 heavy (non-hydrogen) atoms. The lowest BCUT2D eigenvalue weighted by atomic mass is 10.1. The summed E-state index contributed by atoms with van der Waals surface area (Å²) < 4.78 is 0.976. The molecule has 108 valence electrons. The fourth-order valence-corrected chi connectivity index (χ4v) is 2.27. The van der Waals surface area contributed by atoms with Crippen molar-refractivity contribution in [3.05, 3.63) is 70.2 Å². The summed E-state index contributed by atoms with van der Waals surface area (Å²) in [5.74, 6) is -0.176. The van der Waals surface area contributed by atoms with Crippen molar-refractivity contribution < 1.29 is 9.90 Å². The smallest absolute Gasteiger partial charge is 0.248 e. The summed E-state index contributed by atoms with van der Waals surface area (Å²) in [6.07, 6.45) is 3.89. The lowest BCUT2D eigenvalue weighted by molar-refractivity contribution is -0.111. The molecule has 0 heterocycles. The fourth-order valence-electron chi connectivity index (χ4n) is 1.85. The monoisotopic (exact) mass is 345 g/mol. The van der Waals surface area contributed by atoms with Gasteiger partial charge in [-0.3, -0.25) is 4.79 Å². The third-order valence-corrected chi connectivity index (χ3v) is 3.39. The second-order valence-electron chi connectivity index (χ2n) is 4.55. The van der Waals surface area contributed by atoms with Gasteiger partial charge in [0.25, 0.3) is 0 Å². The Balaban J connectivity index is 1.95. The second kappa shape index (κ2) is 7.76. The number of hydrogen-bond acceptors (Lipinski definition) is 2. The highest BCUT2D eigenvalue weighted by Gasteiger charge is 1.98. The molecule has 0 atom stereocenters. The highest BCUT2D eigenvalue weighted by molar-refractivity contribution is 9.10. The Bertz CT molecular complexity index is 635. The number of aliphatic hydroxyl groups is 1. The normalized spacial score (nSPS) is 10.8. The van der Waals surface area contributed by atoms with Crippen LogP contribution >= 0.6 is 15.9 Å². The van der Waals surface area contributed by atoms with Crippen LogP contribution in [0.15, 0.2) is 59.1 Å². The van der Waals surface area contributed by atoms with E-state index in [4.69, 9.17) is 5.11 Å². The first-order valence-electron chi connectivity index (χ1n) is 6.62. The molecule has 0 unspecified atom stereocenters. The topological polar surface area (TPSA) is 49.3 Å². The number of hydrogen-bond donors (Lipinski definition) is 2. The maximum absolute atomic E-state index is 11.8. The molecule has 0 aliphatic rings. The summed E-state index contributed by atoms with van der Waals surface area (Å²) in [6, 6.07) is 15.2. The van der Waals surface area contributed by atoms with Crippen molar-refractivity contribution in [2.24, 2.45) is 0 Å². The standard InChI is InChI=1S/C17H16BrNO2/c18-15-3-1-2-14(12-15)6-9-17(21)19-16-7-4-13(5-8-16)10-11-20/h1-9,12,20H,10-11H2,(H,19,21)/b9-6+. The Kier molecular flexibility index (Phi) is 5.72. The van der Waals surface area contributed by atoms with Crippen molar-refractivity contribution in [2.45, 2.75) is 6.42 Å². The van der Waals surface area contributed by atoms with Crippen LogP contribution in [0.25, 0.3) is 6.08 Å². The third kappa shape index (κ3) is 5.17. The quantitative estimate of drug-likeness (QED) is 0.813. The minimum atomic E-state index is -0.176. The molecule has 2 aromatic carbocycles. The van der Waals surface area contributed by atoms with E-state index < -0.39 is 0 Å². The van der Waals surface area contributed by atoms with Crippen molar-refractivity contribution in [2.75, 3.05) is 11.9 Å². The Hall–Kier alpha value is -1.91. The van der Waals surface area contributed by atoms with Gasteiger partial charge < -0.3 is 10.4 Å². The van der Waals surface area contributed by atoms with Crippen molar-refractivity contribution in [3.8, 4) is 0 Å². The molecule has 0 aromatic heterocycles. The number of rotatable bonds is 5. The first kappa shape index (κ1) is 15.5. The van der Waals surface area contributed by atoms with Crippen LogP contribution in [-0.4, -0.2) is 17.6 Å². The Morgan fingerprint density at radius 2 is 1.95 bits per heavy atom. The number of halogens is 1. The van der Waals surface area contributed by atoms with Gasteiger partial charge in [0.15, 0.2) is 0 Å². The van der Waals surface area contributed by atoms with Gasteiger partial charge in [-0.2, -0.15) is 0 Å². The molecule has 0 saturated carbocycles. The minimum Gasteiger partial charge on any atom is -0.396 e. The number of anilines is 1. The van der Waals surface area contributed by atoms with Crippen molar-refractivity contribution >= 4 is 33.6 Å². The Labute approximate surface area is 132 Å². The van der Waals surface area contributed by atoms with Gasteiger partial charge in [-0.15, -0.1) is 0 Å². The van der Waals surface area contributed by atoms with Crippen molar-refractivity contribution in [1.29, 1.82) is 0 Å². The molecule has 2 N–H and O–H groups in total. The summed E-state index contributed by atoms with van der Waals surface area (Å²) >= 11 is 3.39. The van der Waals surface area contributed by atoms with Crippen LogP contribution in [0.3, 0.4) is 0 Å². The first-order chi connectivity index (χ1) is 10.2. The molecule has 0 aliphatic heterocycles. The molecular weight excluding hydrogens is 330 g/mol. The molecule has 0 radical (unpaired) electrons. The second-order valence-corrected chi connectivity index (χ2v) is 5.46. The van der Waals surface area contributed by atoms with Gasteiger partial charge in [0, 0.05) is 22.8 Å². The Morgan fingerprint density at radius 1 is 1.19 bits per heavy atom. The van der Waals surface area contributed by atoms with Crippen LogP contribution in [0.2, 0.25) is 0 Å². The number of carbonyl (C=O) groups excluding carboxylic acids is 1. The van der Waals surface area contributed by atoms with Crippen molar-refractivity contribution in [1.82, 2.24) is 0 Å². The molecule has 0 aliphatic carbocycles. The van der Waals surface area contributed by atoms with E-state index in [0.29, 0.717) is 6.42 Å². The predicted octanol–water partition coefficient (Wildman–Crippen LogP) is 3.64. The number of benzene rings is 2. The highest BCUT2D eigenvalue weighted by Crippen LogP contribution is 2.13. The lowest BCUT2D eigenvalue weighted by Crippen LogP contribution is -2.07. The van der Waals surface area contributed by atoms with Gasteiger partial charge in [0.2, 0.25) is 5.91 Å². The molecule has 1 amide bonds. The molecule has 0 saturated heterocycles. The van der Waals surface area contributed by atoms with E-state index >= 15 is 0 Å². The summed E-state index contributed by atoms with van der Waals surface area (Å²) in [5, 5.41) is 11.6. The molecule has 2 rings (SSSR count). The Morgan fingerprint density at radius 3 is 2.62 bits per heavy atom. The lowest BCUT2D eigenvalue weighted by Gasteiger charge is -2.03. The van der Waals surface area contributed by atoms with Crippen molar-refractivity contribution in [3.63, 3.8) is 0 Å². The highest BCUT2D eigenvalue weighted by atomic mass is 79.9. The van der Waals surface area contributed by atoms with E-state index in [1.165, 1.54) is 6.08 Å². The van der Waals surface area contributed by atoms with Crippen LogP contribution in [0.5, 0.6) is 0 Å². The van der Waals surface area contributed by atoms with Gasteiger partial charge in [-0.05, 0) is 47.9 Å². The molecule has 3 nitrogen and oxygen atoms in total. The summed E-state index contributed by atoms with van der Waals surface area (Å²) in [4.78, 5) is 11.8. The van der Waals surface area contributed by atoms with Gasteiger partial charge in [0.05, 0.1) is 0 Å². The minimum absolute atomic E-state index is 0.126. The summed E-state index contributed by atoms with van der Waals surface area (Å²) in [7, 11) is 0. The average molecular weight is 346 g/mol. The van der Waals surface area contributed by atoms with E-state index in [2.05, 4.69) is 21.2 Å².